The number of rotatable bonds is 11. The van der Waals surface area contributed by atoms with Crippen LogP contribution < -0.4 is 9.62 Å². The minimum atomic E-state index is -3.81. The Morgan fingerprint density at radius 1 is 1.06 bits per heavy atom. The maximum Gasteiger partial charge on any atom is 0.244 e. The van der Waals surface area contributed by atoms with Gasteiger partial charge in [0.2, 0.25) is 21.8 Å². The molecule has 0 saturated heterocycles. The second-order valence-electron chi connectivity index (χ2n) is 8.50. The first-order valence-electron chi connectivity index (χ1n) is 11.5. The largest absolute Gasteiger partial charge is 0.354 e. The molecule has 2 rings (SSSR count). The van der Waals surface area contributed by atoms with Crippen molar-refractivity contribution in [3.63, 3.8) is 0 Å². The van der Waals surface area contributed by atoms with E-state index in [0.29, 0.717) is 39.8 Å². The molecular formula is C25H33Cl2N3O4S. The third-order valence-electron chi connectivity index (χ3n) is 5.64. The zero-order chi connectivity index (χ0) is 26.3. The van der Waals surface area contributed by atoms with Crippen LogP contribution in [0, 0.1) is 13.8 Å². The molecule has 192 valence electrons. The number of amides is 2. The maximum absolute atomic E-state index is 13.7. The summed E-state index contributed by atoms with van der Waals surface area (Å²) in [6.45, 7) is 7.31. The Labute approximate surface area is 218 Å². The van der Waals surface area contributed by atoms with Crippen molar-refractivity contribution < 1.29 is 18.0 Å². The first-order valence-corrected chi connectivity index (χ1v) is 14.1. The number of carbonyl (C=O) groups excluding carboxylic acids is 2. The van der Waals surface area contributed by atoms with Gasteiger partial charge in [0.25, 0.3) is 0 Å². The molecule has 0 spiro atoms. The van der Waals surface area contributed by atoms with E-state index in [1.807, 2.05) is 26.0 Å². The lowest BCUT2D eigenvalue weighted by Crippen LogP contribution is -2.52. The summed E-state index contributed by atoms with van der Waals surface area (Å²) in [6, 6.07) is 9.58. The van der Waals surface area contributed by atoms with E-state index in [9.17, 15) is 18.0 Å². The highest BCUT2D eigenvalue weighted by Gasteiger charge is 2.32. The van der Waals surface area contributed by atoms with Gasteiger partial charge in [-0.1, -0.05) is 55.2 Å². The van der Waals surface area contributed by atoms with Crippen molar-refractivity contribution >= 4 is 50.7 Å². The normalized spacial score (nSPS) is 12.2. The van der Waals surface area contributed by atoms with Crippen LogP contribution in [0.25, 0.3) is 0 Å². The van der Waals surface area contributed by atoms with Crippen LogP contribution >= 0.6 is 23.2 Å². The van der Waals surface area contributed by atoms with Gasteiger partial charge in [0.05, 0.1) is 11.9 Å². The van der Waals surface area contributed by atoms with Crippen molar-refractivity contribution in [2.75, 3.05) is 23.7 Å². The van der Waals surface area contributed by atoms with E-state index in [1.54, 1.807) is 38.1 Å². The lowest BCUT2D eigenvalue weighted by molar-refractivity contribution is -0.140. The molecule has 0 aliphatic carbocycles. The van der Waals surface area contributed by atoms with Gasteiger partial charge in [-0.2, -0.15) is 0 Å². The monoisotopic (exact) mass is 541 g/mol. The SMILES string of the molecule is CCCNC(=O)C(CC)N(Cc1c(Cl)cccc1Cl)C(=O)CN(c1cc(C)ccc1C)S(C)(=O)=O. The van der Waals surface area contributed by atoms with E-state index in [0.717, 1.165) is 22.5 Å². The third kappa shape index (κ3) is 7.59. The van der Waals surface area contributed by atoms with E-state index in [4.69, 9.17) is 23.2 Å². The van der Waals surface area contributed by atoms with Crippen molar-refractivity contribution in [1.82, 2.24) is 10.2 Å². The smallest absolute Gasteiger partial charge is 0.244 e. The number of benzene rings is 2. The average Bonchev–Trinajstić information content (AvgIpc) is 2.78. The van der Waals surface area contributed by atoms with E-state index in [2.05, 4.69) is 5.32 Å². The quantitative estimate of drug-likeness (QED) is 0.446. The third-order valence-corrected chi connectivity index (χ3v) is 7.47. The van der Waals surface area contributed by atoms with E-state index >= 15 is 0 Å². The molecule has 7 nitrogen and oxygen atoms in total. The summed E-state index contributed by atoms with van der Waals surface area (Å²) in [7, 11) is -3.81. The van der Waals surface area contributed by atoms with Gasteiger partial charge < -0.3 is 10.2 Å². The number of hydrogen-bond donors (Lipinski definition) is 1. The zero-order valence-electron chi connectivity index (χ0n) is 20.8. The molecule has 0 bridgehead atoms. The summed E-state index contributed by atoms with van der Waals surface area (Å²) in [5.41, 5.74) is 2.47. The number of aryl methyl sites for hydroxylation is 2. The maximum atomic E-state index is 13.7. The molecule has 1 atom stereocenters. The van der Waals surface area contributed by atoms with Crippen LogP contribution in [0.1, 0.15) is 43.4 Å². The van der Waals surface area contributed by atoms with Gasteiger partial charge in [-0.25, -0.2) is 8.42 Å². The van der Waals surface area contributed by atoms with Gasteiger partial charge in [0.15, 0.2) is 0 Å². The molecule has 0 aliphatic heterocycles. The molecule has 0 saturated carbocycles. The fraction of sp³-hybridized carbons (Fsp3) is 0.440. The number of halogens is 2. The van der Waals surface area contributed by atoms with E-state index < -0.39 is 28.5 Å². The predicted molar refractivity (Wildman–Crippen MR) is 142 cm³/mol. The minimum Gasteiger partial charge on any atom is -0.354 e. The topological polar surface area (TPSA) is 86.8 Å². The van der Waals surface area contributed by atoms with Gasteiger partial charge in [-0.3, -0.25) is 13.9 Å². The van der Waals surface area contributed by atoms with Gasteiger partial charge in [0.1, 0.15) is 12.6 Å². The van der Waals surface area contributed by atoms with Crippen molar-refractivity contribution in [1.29, 1.82) is 0 Å². The highest BCUT2D eigenvalue weighted by atomic mass is 35.5. The Bertz CT molecular complexity index is 1150. The number of anilines is 1. The molecule has 2 aromatic rings. The molecule has 2 aromatic carbocycles. The van der Waals surface area contributed by atoms with Gasteiger partial charge in [-0.05, 0) is 56.0 Å². The number of nitrogens with one attached hydrogen (secondary N) is 1. The zero-order valence-corrected chi connectivity index (χ0v) is 23.1. The standard InChI is InChI=1S/C25H33Cl2N3O4S/c1-6-13-28-25(32)22(7-2)29(15-19-20(26)9-8-10-21(19)27)24(31)16-30(35(5,33)34)23-14-17(3)11-12-18(23)4/h8-12,14,22H,6-7,13,15-16H2,1-5H3,(H,28,32). The van der Waals surface area contributed by atoms with Crippen molar-refractivity contribution in [3.8, 4) is 0 Å². The molecule has 0 aliphatic rings. The summed E-state index contributed by atoms with van der Waals surface area (Å²) in [6.07, 6.45) is 2.12. The molecular weight excluding hydrogens is 509 g/mol. The number of nitrogens with zero attached hydrogens (tertiary/aromatic N) is 2. The molecule has 1 unspecified atom stereocenters. The van der Waals surface area contributed by atoms with Crippen LogP contribution in [0.3, 0.4) is 0 Å². The van der Waals surface area contributed by atoms with Crippen LogP contribution in [0.2, 0.25) is 10.0 Å². The predicted octanol–water partition coefficient (Wildman–Crippen LogP) is 4.71. The van der Waals surface area contributed by atoms with Crippen LogP contribution in [0.4, 0.5) is 5.69 Å². The molecule has 35 heavy (non-hydrogen) atoms. The second-order valence-corrected chi connectivity index (χ2v) is 11.2. The fourth-order valence-electron chi connectivity index (χ4n) is 3.72. The lowest BCUT2D eigenvalue weighted by atomic mass is 10.1. The lowest BCUT2D eigenvalue weighted by Gasteiger charge is -2.33. The Morgan fingerprint density at radius 3 is 2.23 bits per heavy atom. The van der Waals surface area contributed by atoms with Crippen molar-refractivity contribution in [2.45, 2.75) is 53.1 Å². The van der Waals surface area contributed by atoms with E-state index in [-0.39, 0.29) is 12.5 Å². The first kappa shape index (κ1) is 28.9. The number of sulfonamides is 1. The first-order chi connectivity index (χ1) is 16.4. The van der Waals surface area contributed by atoms with Crippen molar-refractivity contribution in [3.05, 3.63) is 63.1 Å². The Morgan fingerprint density at radius 2 is 1.69 bits per heavy atom. The summed E-state index contributed by atoms with van der Waals surface area (Å²) in [5, 5.41) is 3.55. The highest BCUT2D eigenvalue weighted by molar-refractivity contribution is 7.92. The average molecular weight is 543 g/mol. The van der Waals surface area contributed by atoms with Gasteiger partial charge in [-0.15, -0.1) is 0 Å². The molecule has 0 fully saturated rings. The van der Waals surface area contributed by atoms with E-state index in [1.165, 1.54) is 4.90 Å². The van der Waals surface area contributed by atoms with Crippen LogP contribution in [0.15, 0.2) is 36.4 Å². The van der Waals surface area contributed by atoms with Gasteiger partial charge in [0, 0.05) is 28.7 Å². The van der Waals surface area contributed by atoms with Crippen LogP contribution in [0.5, 0.6) is 0 Å². The Balaban J connectivity index is 2.53. The van der Waals surface area contributed by atoms with Crippen LogP contribution in [-0.2, 0) is 26.2 Å². The fourth-order valence-corrected chi connectivity index (χ4v) is 5.14. The molecule has 0 radical (unpaired) electrons. The molecule has 0 aromatic heterocycles. The molecule has 1 N–H and O–H groups in total. The summed E-state index contributed by atoms with van der Waals surface area (Å²) >= 11 is 12.7. The number of carbonyl (C=O) groups is 2. The number of hydrogen-bond acceptors (Lipinski definition) is 4. The summed E-state index contributed by atoms with van der Waals surface area (Å²) in [4.78, 5) is 28.1. The van der Waals surface area contributed by atoms with Crippen molar-refractivity contribution in [2.24, 2.45) is 0 Å². The second kappa shape index (κ2) is 12.6. The molecule has 10 heteroatoms. The Hall–Kier alpha value is -2.29. The van der Waals surface area contributed by atoms with Crippen LogP contribution in [-0.4, -0.2) is 50.5 Å². The molecule has 2 amide bonds. The Kier molecular flexibility index (Phi) is 10.4. The summed E-state index contributed by atoms with van der Waals surface area (Å²) < 4.78 is 26.6. The minimum absolute atomic E-state index is 0.0419. The highest BCUT2D eigenvalue weighted by Crippen LogP contribution is 2.28. The molecule has 0 heterocycles. The van der Waals surface area contributed by atoms with Gasteiger partial charge >= 0.3 is 0 Å². The summed E-state index contributed by atoms with van der Waals surface area (Å²) in [5.74, 6) is -0.852.